The molecule has 0 amide bonds. The number of ketones is 1. The number of hydrogen-bond acceptors (Lipinski definition) is 3. The molecular formula is C21H14FNOS. The molecule has 4 aromatic rings. The Hall–Kier alpha value is -2.85. The number of nitrogens with zero attached hydrogens (tertiary/aromatic N) is 1. The van der Waals surface area contributed by atoms with E-state index in [1.807, 2.05) is 43.3 Å². The number of benzene rings is 3. The molecule has 0 aliphatic rings. The molecule has 4 heteroatoms. The molecule has 0 atom stereocenters. The van der Waals surface area contributed by atoms with Crippen molar-refractivity contribution in [3.63, 3.8) is 0 Å². The van der Waals surface area contributed by atoms with Gasteiger partial charge in [0.05, 0.1) is 10.2 Å². The Kier molecular flexibility index (Phi) is 3.90. The number of aromatic nitrogens is 1. The van der Waals surface area contributed by atoms with Crippen LogP contribution in [0.4, 0.5) is 4.39 Å². The molecule has 0 bridgehead atoms. The molecule has 2 nitrogen and oxygen atoms in total. The van der Waals surface area contributed by atoms with Gasteiger partial charge in [0.25, 0.3) is 0 Å². The van der Waals surface area contributed by atoms with Gasteiger partial charge in [0.2, 0.25) is 0 Å². The van der Waals surface area contributed by atoms with Crippen molar-refractivity contribution in [2.45, 2.75) is 6.92 Å². The van der Waals surface area contributed by atoms with Crippen molar-refractivity contribution < 1.29 is 9.18 Å². The number of carbonyl (C=O) groups is 1. The van der Waals surface area contributed by atoms with E-state index in [0.717, 1.165) is 26.4 Å². The summed E-state index contributed by atoms with van der Waals surface area (Å²) in [5.74, 6) is -0.325. The third-order valence-corrected chi connectivity index (χ3v) is 5.09. The Morgan fingerprint density at radius 2 is 1.80 bits per heavy atom. The Balaban J connectivity index is 1.88. The number of carbonyl (C=O) groups excluding carboxylic acids is 1. The lowest BCUT2D eigenvalue weighted by Crippen LogP contribution is -2.03. The topological polar surface area (TPSA) is 30.0 Å². The number of aryl methyl sites for hydroxylation is 1. The van der Waals surface area contributed by atoms with Crippen molar-refractivity contribution in [3.05, 3.63) is 89.2 Å². The summed E-state index contributed by atoms with van der Waals surface area (Å²) >= 11 is 1.40. The smallest absolute Gasteiger partial charge is 0.193 e. The monoisotopic (exact) mass is 347 g/mol. The maximum absolute atomic E-state index is 13.5. The van der Waals surface area contributed by atoms with E-state index in [4.69, 9.17) is 0 Å². The summed E-state index contributed by atoms with van der Waals surface area (Å²) in [6, 6.07) is 19.5. The lowest BCUT2D eigenvalue weighted by atomic mass is 9.97. The van der Waals surface area contributed by atoms with Crippen LogP contribution in [-0.4, -0.2) is 10.8 Å². The first-order valence-corrected chi connectivity index (χ1v) is 8.70. The van der Waals surface area contributed by atoms with Gasteiger partial charge >= 0.3 is 0 Å². The number of hydrogen-bond donors (Lipinski definition) is 0. The zero-order chi connectivity index (χ0) is 17.4. The van der Waals surface area contributed by atoms with E-state index >= 15 is 0 Å². The lowest BCUT2D eigenvalue weighted by Gasteiger charge is -2.08. The van der Waals surface area contributed by atoms with Crippen LogP contribution in [0, 0.1) is 12.7 Å². The molecule has 1 aromatic heterocycles. The predicted molar refractivity (Wildman–Crippen MR) is 99.6 cm³/mol. The van der Waals surface area contributed by atoms with Gasteiger partial charge < -0.3 is 0 Å². The summed E-state index contributed by atoms with van der Waals surface area (Å²) in [4.78, 5) is 17.5. The van der Waals surface area contributed by atoms with Crippen LogP contribution in [0.2, 0.25) is 0 Å². The normalized spacial score (nSPS) is 11.0. The van der Waals surface area contributed by atoms with E-state index in [1.54, 1.807) is 18.2 Å². The van der Waals surface area contributed by atoms with E-state index in [1.165, 1.54) is 23.5 Å². The highest BCUT2D eigenvalue weighted by Gasteiger charge is 2.17. The van der Waals surface area contributed by atoms with Crippen LogP contribution in [0.3, 0.4) is 0 Å². The van der Waals surface area contributed by atoms with Crippen molar-refractivity contribution in [2.75, 3.05) is 0 Å². The zero-order valence-corrected chi connectivity index (χ0v) is 14.3. The highest BCUT2D eigenvalue weighted by molar-refractivity contribution is 7.21. The molecule has 0 aliphatic carbocycles. The van der Waals surface area contributed by atoms with E-state index < -0.39 is 0 Å². The molecule has 122 valence electrons. The van der Waals surface area contributed by atoms with Crippen LogP contribution in [0.25, 0.3) is 20.8 Å². The molecule has 0 aliphatic heterocycles. The van der Waals surface area contributed by atoms with Crippen LogP contribution >= 0.6 is 11.3 Å². The predicted octanol–water partition coefficient (Wildman–Crippen LogP) is 5.64. The zero-order valence-electron chi connectivity index (χ0n) is 13.5. The first-order chi connectivity index (χ1) is 12.1. The van der Waals surface area contributed by atoms with Crippen LogP contribution in [0.1, 0.15) is 21.5 Å². The van der Waals surface area contributed by atoms with Crippen molar-refractivity contribution in [3.8, 4) is 10.6 Å². The average Bonchev–Trinajstić information content (AvgIpc) is 3.05. The highest BCUT2D eigenvalue weighted by atomic mass is 32.1. The SMILES string of the molecule is Cc1ccc(C(=O)c2ccccc2)c(-c2nc3ccc(F)cc3s2)c1. The molecule has 0 saturated heterocycles. The van der Waals surface area contributed by atoms with E-state index in [9.17, 15) is 9.18 Å². The van der Waals surface area contributed by atoms with Crippen LogP contribution < -0.4 is 0 Å². The van der Waals surface area contributed by atoms with Crippen molar-refractivity contribution in [1.82, 2.24) is 4.98 Å². The second kappa shape index (κ2) is 6.22. The van der Waals surface area contributed by atoms with Crippen LogP contribution in [0.5, 0.6) is 0 Å². The average molecular weight is 347 g/mol. The van der Waals surface area contributed by atoms with Crippen molar-refractivity contribution in [2.24, 2.45) is 0 Å². The number of thiazole rings is 1. The highest BCUT2D eigenvalue weighted by Crippen LogP contribution is 2.34. The summed E-state index contributed by atoms with van der Waals surface area (Å²) in [7, 11) is 0. The van der Waals surface area contributed by atoms with Crippen LogP contribution in [-0.2, 0) is 0 Å². The van der Waals surface area contributed by atoms with Gasteiger partial charge in [-0.05, 0) is 31.2 Å². The molecule has 0 radical (unpaired) electrons. The third kappa shape index (κ3) is 2.96. The maximum Gasteiger partial charge on any atom is 0.193 e. The van der Waals surface area contributed by atoms with Gasteiger partial charge in [-0.2, -0.15) is 0 Å². The summed E-state index contributed by atoms with van der Waals surface area (Å²) in [5, 5.41) is 0.726. The Morgan fingerprint density at radius 1 is 1.00 bits per heavy atom. The maximum atomic E-state index is 13.5. The molecule has 0 unspecified atom stereocenters. The van der Waals surface area contributed by atoms with Gasteiger partial charge in [0, 0.05) is 16.7 Å². The van der Waals surface area contributed by atoms with Crippen molar-refractivity contribution >= 4 is 27.3 Å². The van der Waals surface area contributed by atoms with Gasteiger partial charge in [-0.15, -0.1) is 11.3 Å². The number of fused-ring (bicyclic) bond motifs is 1. The van der Waals surface area contributed by atoms with Gasteiger partial charge in [-0.25, -0.2) is 9.37 Å². The minimum absolute atomic E-state index is 0.0407. The lowest BCUT2D eigenvalue weighted by molar-refractivity contribution is 0.103. The minimum Gasteiger partial charge on any atom is -0.289 e. The van der Waals surface area contributed by atoms with E-state index in [-0.39, 0.29) is 11.6 Å². The Morgan fingerprint density at radius 3 is 2.60 bits per heavy atom. The van der Waals surface area contributed by atoms with Gasteiger partial charge in [0.15, 0.2) is 5.78 Å². The first kappa shape index (κ1) is 15.7. The molecule has 0 spiro atoms. The van der Waals surface area contributed by atoms with E-state index in [0.29, 0.717) is 11.1 Å². The molecule has 0 saturated carbocycles. The van der Waals surface area contributed by atoms with Gasteiger partial charge in [0.1, 0.15) is 10.8 Å². The van der Waals surface area contributed by atoms with E-state index in [2.05, 4.69) is 4.98 Å². The minimum atomic E-state index is -0.285. The fraction of sp³-hybridized carbons (Fsp3) is 0.0476. The molecule has 0 fully saturated rings. The molecule has 0 N–H and O–H groups in total. The third-order valence-electron chi connectivity index (χ3n) is 4.04. The summed E-state index contributed by atoms with van der Waals surface area (Å²) in [6.45, 7) is 1.98. The second-order valence-corrected chi connectivity index (χ2v) is 6.91. The quantitative estimate of drug-likeness (QED) is 0.449. The molecule has 3 aromatic carbocycles. The molecule has 25 heavy (non-hydrogen) atoms. The fourth-order valence-electron chi connectivity index (χ4n) is 2.79. The summed E-state index contributed by atoms with van der Waals surface area (Å²) in [5.41, 5.74) is 3.82. The fourth-order valence-corrected chi connectivity index (χ4v) is 3.81. The second-order valence-electron chi connectivity index (χ2n) is 5.88. The summed E-state index contributed by atoms with van der Waals surface area (Å²) in [6.07, 6.45) is 0. The number of rotatable bonds is 3. The van der Waals surface area contributed by atoms with Gasteiger partial charge in [-0.3, -0.25) is 4.79 Å². The number of halogens is 1. The molecule has 4 rings (SSSR count). The van der Waals surface area contributed by atoms with Crippen molar-refractivity contribution in [1.29, 1.82) is 0 Å². The Bertz CT molecular complexity index is 1090. The summed E-state index contributed by atoms with van der Waals surface area (Å²) < 4.78 is 14.2. The largest absolute Gasteiger partial charge is 0.289 e. The standard InChI is InChI=1S/C21H14FNOS/c1-13-7-9-16(20(24)14-5-3-2-4-6-14)17(11-13)21-23-18-10-8-15(22)12-19(18)25-21/h2-12H,1H3. The Labute approximate surface area is 148 Å². The molecule has 1 heterocycles. The van der Waals surface area contributed by atoms with Gasteiger partial charge in [-0.1, -0.05) is 48.0 Å². The molecular weight excluding hydrogens is 333 g/mol. The first-order valence-electron chi connectivity index (χ1n) is 7.89. The van der Waals surface area contributed by atoms with Crippen LogP contribution in [0.15, 0.2) is 66.7 Å².